The van der Waals surface area contributed by atoms with Crippen LogP contribution < -0.4 is 5.32 Å². The van der Waals surface area contributed by atoms with Gasteiger partial charge in [-0.05, 0) is 62.4 Å². The lowest BCUT2D eigenvalue weighted by Crippen LogP contribution is -2.01. The van der Waals surface area contributed by atoms with Gasteiger partial charge in [0.05, 0.1) is 5.69 Å². The van der Waals surface area contributed by atoms with Crippen molar-refractivity contribution in [3.63, 3.8) is 0 Å². The standard InChI is InChI=1S/C24H36N2O/c1-5-6-7-8-9-10-11-12-13-21-14-16-22(17-15-21)26-24-19(3)18(2)23(27)20(4)25-24/h14-17,27H,5-13H2,1-4H3,(H,25,26). The van der Waals surface area contributed by atoms with E-state index in [0.29, 0.717) is 11.4 Å². The number of nitrogens with zero attached hydrogens (tertiary/aromatic N) is 1. The fraction of sp³-hybridized carbons (Fsp3) is 0.542. The summed E-state index contributed by atoms with van der Waals surface area (Å²) in [5.74, 6) is 1.11. The third-order valence-electron chi connectivity index (χ3n) is 5.43. The number of hydrogen-bond acceptors (Lipinski definition) is 3. The van der Waals surface area contributed by atoms with E-state index in [9.17, 15) is 5.11 Å². The highest BCUT2D eigenvalue weighted by Crippen LogP contribution is 2.29. The SMILES string of the molecule is CCCCCCCCCCc1ccc(Nc2nc(C)c(O)c(C)c2C)cc1. The van der Waals surface area contributed by atoms with Gasteiger partial charge >= 0.3 is 0 Å². The Morgan fingerprint density at radius 1 is 0.815 bits per heavy atom. The van der Waals surface area contributed by atoms with Crippen LogP contribution >= 0.6 is 0 Å². The molecule has 0 bridgehead atoms. The summed E-state index contributed by atoms with van der Waals surface area (Å²) in [5.41, 5.74) is 4.97. The van der Waals surface area contributed by atoms with Crippen LogP contribution in [0.3, 0.4) is 0 Å². The smallest absolute Gasteiger partial charge is 0.140 e. The quantitative estimate of drug-likeness (QED) is 0.414. The number of anilines is 2. The molecule has 0 aliphatic carbocycles. The monoisotopic (exact) mass is 368 g/mol. The van der Waals surface area contributed by atoms with Gasteiger partial charge < -0.3 is 10.4 Å². The second kappa shape index (κ2) is 11.0. The first-order chi connectivity index (χ1) is 13.0. The molecular formula is C24H36N2O. The first kappa shape index (κ1) is 21.3. The molecule has 148 valence electrons. The molecule has 0 radical (unpaired) electrons. The summed E-state index contributed by atoms with van der Waals surface area (Å²) < 4.78 is 0. The predicted molar refractivity (Wildman–Crippen MR) is 116 cm³/mol. The molecule has 0 fully saturated rings. The lowest BCUT2D eigenvalue weighted by molar-refractivity contribution is 0.463. The summed E-state index contributed by atoms with van der Waals surface area (Å²) >= 11 is 0. The van der Waals surface area contributed by atoms with Crippen molar-refractivity contribution in [2.24, 2.45) is 0 Å². The molecule has 3 nitrogen and oxygen atoms in total. The number of nitrogens with one attached hydrogen (secondary N) is 1. The van der Waals surface area contributed by atoms with Gasteiger partial charge in [0.1, 0.15) is 11.6 Å². The van der Waals surface area contributed by atoms with Gasteiger partial charge in [-0.2, -0.15) is 0 Å². The maximum absolute atomic E-state index is 10.00. The van der Waals surface area contributed by atoms with E-state index in [-0.39, 0.29) is 0 Å². The first-order valence-corrected chi connectivity index (χ1v) is 10.6. The molecule has 1 aromatic heterocycles. The Morgan fingerprint density at radius 2 is 1.41 bits per heavy atom. The van der Waals surface area contributed by atoms with E-state index in [2.05, 4.69) is 41.5 Å². The molecule has 2 rings (SSSR count). The van der Waals surface area contributed by atoms with Gasteiger partial charge in [-0.3, -0.25) is 0 Å². The molecule has 0 amide bonds. The molecule has 2 N–H and O–H groups in total. The minimum absolute atomic E-state index is 0.291. The third-order valence-corrected chi connectivity index (χ3v) is 5.43. The number of aromatic nitrogens is 1. The molecule has 0 atom stereocenters. The molecule has 0 saturated heterocycles. The molecule has 0 aliphatic rings. The van der Waals surface area contributed by atoms with Crippen LogP contribution in [-0.4, -0.2) is 10.1 Å². The first-order valence-electron chi connectivity index (χ1n) is 10.6. The summed E-state index contributed by atoms with van der Waals surface area (Å²) in [6.07, 6.45) is 12.0. The van der Waals surface area contributed by atoms with Crippen LogP contribution in [0.2, 0.25) is 0 Å². The van der Waals surface area contributed by atoms with E-state index in [1.807, 2.05) is 20.8 Å². The van der Waals surface area contributed by atoms with E-state index < -0.39 is 0 Å². The van der Waals surface area contributed by atoms with Crippen LogP contribution in [-0.2, 0) is 6.42 Å². The molecule has 0 unspecified atom stereocenters. The number of aromatic hydroxyl groups is 1. The minimum Gasteiger partial charge on any atom is -0.506 e. The molecule has 27 heavy (non-hydrogen) atoms. The molecule has 0 aliphatic heterocycles. The van der Waals surface area contributed by atoms with Gasteiger partial charge in [0.2, 0.25) is 0 Å². The summed E-state index contributed by atoms with van der Waals surface area (Å²) in [4.78, 5) is 4.49. The summed E-state index contributed by atoms with van der Waals surface area (Å²) in [5, 5.41) is 13.4. The fourth-order valence-corrected chi connectivity index (χ4v) is 3.41. The van der Waals surface area contributed by atoms with E-state index in [0.717, 1.165) is 29.1 Å². The summed E-state index contributed by atoms with van der Waals surface area (Å²) in [6.45, 7) is 8.02. The van der Waals surface area contributed by atoms with E-state index in [4.69, 9.17) is 0 Å². The van der Waals surface area contributed by atoms with Crippen LogP contribution in [0.25, 0.3) is 0 Å². The second-order valence-corrected chi connectivity index (χ2v) is 7.69. The Balaban J connectivity index is 1.79. The van der Waals surface area contributed by atoms with E-state index in [1.165, 1.54) is 56.9 Å². The highest BCUT2D eigenvalue weighted by molar-refractivity contribution is 5.63. The number of rotatable bonds is 11. The minimum atomic E-state index is 0.291. The van der Waals surface area contributed by atoms with Gasteiger partial charge in [0.15, 0.2) is 0 Å². The van der Waals surface area contributed by atoms with Crippen molar-refractivity contribution in [2.45, 2.75) is 85.5 Å². The average molecular weight is 369 g/mol. The number of aryl methyl sites for hydroxylation is 2. The maximum atomic E-state index is 10.00. The van der Waals surface area contributed by atoms with Gasteiger partial charge in [0.25, 0.3) is 0 Å². The molecule has 0 spiro atoms. The van der Waals surface area contributed by atoms with Gasteiger partial charge in [-0.25, -0.2) is 4.98 Å². The Kier molecular flexibility index (Phi) is 8.63. The Bertz CT molecular complexity index is 707. The Morgan fingerprint density at radius 3 is 2.04 bits per heavy atom. The number of benzene rings is 1. The highest BCUT2D eigenvalue weighted by Gasteiger charge is 2.11. The number of pyridine rings is 1. The molecule has 3 heteroatoms. The normalized spacial score (nSPS) is 11.0. The van der Waals surface area contributed by atoms with Crippen LogP contribution in [0.5, 0.6) is 5.75 Å². The highest BCUT2D eigenvalue weighted by atomic mass is 16.3. The largest absolute Gasteiger partial charge is 0.506 e. The number of hydrogen-bond donors (Lipinski definition) is 2. The molecular weight excluding hydrogens is 332 g/mol. The van der Waals surface area contributed by atoms with Crippen molar-refractivity contribution in [1.82, 2.24) is 4.98 Å². The van der Waals surface area contributed by atoms with Crippen LogP contribution in [0, 0.1) is 20.8 Å². The molecule has 1 heterocycles. The van der Waals surface area contributed by atoms with Crippen molar-refractivity contribution in [2.75, 3.05) is 5.32 Å². The van der Waals surface area contributed by atoms with Gasteiger partial charge in [-0.1, -0.05) is 64.0 Å². The maximum Gasteiger partial charge on any atom is 0.140 e. The Hall–Kier alpha value is -2.03. The zero-order chi connectivity index (χ0) is 19.6. The predicted octanol–water partition coefficient (Wildman–Crippen LogP) is 7.14. The second-order valence-electron chi connectivity index (χ2n) is 7.69. The lowest BCUT2D eigenvalue weighted by Gasteiger charge is -2.14. The fourth-order valence-electron chi connectivity index (χ4n) is 3.41. The lowest BCUT2D eigenvalue weighted by atomic mass is 10.0. The van der Waals surface area contributed by atoms with E-state index >= 15 is 0 Å². The van der Waals surface area contributed by atoms with Crippen molar-refractivity contribution < 1.29 is 5.11 Å². The molecule has 0 saturated carbocycles. The van der Waals surface area contributed by atoms with Crippen LogP contribution in [0.15, 0.2) is 24.3 Å². The van der Waals surface area contributed by atoms with Crippen molar-refractivity contribution in [1.29, 1.82) is 0 Å². The summed E-state index contributed by atoms with van der Waals surface area (Å²) in [7, 11) is 0. The zero-order valence-corrected chi connectivity index (χ0v) is 17.6. The molecule has 2 aromatic rings. The van der Waals surface area contributed by atoms with Gasteiger partial charge in [0, 0.05) is 5.69 Å². The van der Waals surface area contributed by atoms with Crippen molar-refractivity contribution in [3.8, 4) is 5.75 Å². The summed E-state index contributed by atoms with van der Waals surface area (Å²) in [6, 6.07) is 8.66. The third kappa shape index (κ3) is 6.57. The van der Waals surface area contributed by atoms with Crippen molar-refractivity contribution in [3.05, 3.63) is 46.6 Å². The average Bonchev–Trinajstić information content (AvgIpc) is 2.67. The van der Waals surface area contributed by atoms with E-state index in [1.54, 1.807) is 0 Å². The van der Waals surface area contributed by atoms with Gasteiger partial charge in [-0.15, -0.1) is 0 Å². The topological polar surface area (TPSA) is 45.2 Å². The molecule has 1 aromatic carbocycles. The Labute approximate surface area is 165 Å². The van der Waals surface area contributed by atoms with Crippen LogP contribution in [0.1, 0.15) is 80.7 Å². The number of unbranched alkanes of at least 4 members (excludes halogenated alkanes) is 7. The zero-order valence-electron chi connectivity index (χ0n) is 17.6. The van der Waals surface area contributed by atoms with Crippen LogP contribution in [0.4, 0.5) is 11.5 Å². The van der Waals surface area contributed by atoms with Crippen molar-refractivity contribution >= 4 is 11.5 Å².